The minimum atomic E-state index is -3.71. The Morgan fingerprint density at radius 1 is 1.07 bits per heavy atom. The maximum absolute atomic E-state index is 12.6. The highest BCUT2D eigenvalue weighted by atomic mass is 32.2. The predicted molar refractivity (Wildman–Crippen MR) is 101 cm³/mol. The van der Waals surface area contributed by atoms with E-state index in [4.69, 9.17) is 4.74 Å². The molecule has 0 spiro atoms. The van der Waals surface area contributed by atoms with Gasteiger partial charge in [-0.25, -0.2) is 17.9 Å². The zero-order chi connectivity index (χ0) is 20.0. The molecule has 0 bridgehead atoms. The molecule has 1 unspecified atom stereocenters. The first-order chi connectivity index (χ1) is 12.8. The number of nitrogens with zero attached hydrogens (tertiary/aromatic N) is 1. The third-order valence-electron chi connectivity index (χ3n) is 3.71. The Hall–Kier alpha value is -2.71. The number of hydrogen-bond acceptors (Lipinski definition) is 5. The number of likely N-dealkylation sites (N-methyl/N-ethyl adjacent to an activating group) is 1. The summed E-state index contributed by atoms with van der Waals surface area (Å²) in [6.07, 6.45) is -1.12. The van der Waals surface area contributed by atoms with Gasteiger partial charge in [0, 0.05) is 26.2 Å². The third kappa shape index (κ3) is 5.15. The van der Waals surface area contributed by atoms with E-state index in [0.29, 0.717) is 5.56 Å². The summed E-state index contributed by atoms with van der Waals surface area (Å²) in [6, 6.07) is 14.1. The maximum Gasteiger partial charge on any atom is 0.339 e. The van der Waals surface area contributed by atoms with Crippen LogP contribution in [0.5, 0.6) is 0 Å². The second kappa shape index (κ2) is 8.79. The fourth-order valence-corrected chi connectivity index (χ4v) is 3.45. The Kier molecular flexibility index (Phi) is 6.70. The first-order valence-electron chi connectivity index (χ1n) is 8.33. The lowest BCUT2D eigenvalue weighted by molar-refractivity contribution is -0.138. The highest BCUT2D eigenvalue weighted by molar-refractivity contribution is 7.89. The van der Waals surface area contributed by atoms with Crippen LogP contribution in [0.15, 0.2) is 59.5 Å². The zero-order valence-electron chi connectivity index (χ0n) is 15.4. The van der Waals surface area contributed by atoms with Gasteiger partial charge in [-0.05, 0) is 18.2 Å². The van der Waals surface area contributed by atoms with Gasteiger partial charge in [-0.15, -0.1) is 0 Å². The van der Waals surface area contributed by atoms with Crippen molar-refractivity contribution < 1.29 is 22.7 Å². The van der Waals surface area contributed by atoms with E-state index >= 15 is 0 Å². The van der Waals surface area contributed by atoms with Crippen molar-refractivity contribution in [3.8, 4) is 0 Å². The second-order valence-corrected chi connectivity index (χ2v) is 7.72. The van der Waals surface area contributed by atoms with E-state index in [0.717, 1.165) is 0 Å². The van der Waals surface area contributed by atoms with Crippen molar-refractivity contribution in [2.45, 2.75) is 17.9 Å². The van der Waals surface area contributed by atoms with Crippen molar-refractivity contribution in [3.63, 3.8) is 0 Å². The topological polar surface area (TPSA) is 92.8 Å². The Bertz CT molecular complexity index is 911. The average Bonchev–Trinajstić information content (AvgIpc) is 2.66. The number of hydrogen-bond donors (Lipinski definition) is 1. The van der Waals surface area contributed by atoms with E-state index in [9.17, 15) is 18.0 Å². The highest BCUT2D eigenvalue weighted by Gasteiger charge is 2.27. The summed E-state index contributed by atoms with van der Waals surface area (Å²) in [5.74, 6) is -1.18. The largest absolute Gasteiger partial charge is 0.444 e. The van der Waals surface area contributed by atoms with Crippen LogP contribution in [-0.4, -0.2) is 45.8 Å². The van der Waals surface area contributed by atoms with Gasteiger partial charge >= 0.3 is 5.97 Å². The van der Waals surface area contributed by atoms with Crippen LogP contribution >= 0.6 is 0 Å². The number of nitrogens with one attached hydrogen (secondary N) is 1. The molecule has 1 amide bonds. The number of carbonyl (C=O) groups excluding carboxylic acids is 2. The number of benzene rings is 2. The molecule has 0 aromatic heterocycles. The van der Waals surface area contributed by atoms with Crippen molar-refractivity contribution in [3.05, 3.63) is 65.7 Å². The minimum Gasteiger partial charge on any atom is -0.444 e. The van der Waals surface area contributed by atoms with Gasteiger partial charge < -0.3 is 9.64 Å². The molecule has 2 aromatic carbocycles. The normalized spacial score (nSPS) is 12.3. The minimum absolute atomic E-state index is 0.0430. The molecule has 144 valence electrons. The molecule has 0 saturated carbocycles. The summed E-state index contributed by atoms with van der Waals surface area (Å²) < 4.78 is 32.0. The molecular weight excluding hydrogens is 368 g/mol. The van der Waals surface area contributed by atoms with Gasteiger partial charge in [-0.2, -0.15) is 0 Å². The third-order valence-corrected chi connectivity index (χ3v) is 5.25. The van der Waals surface area contributed by atoms with Crippen LogP contribution < -0.4 is 4.72 Å². The fraction of sp³-hybridized carbons (Fsp3) is 0.263. The zero-order valence-corrected chi connectivity index (χ0v) is 16.2. The molecule has 1 atom stereocenters. The van der Waals surface area contributed by atoms with E-state index < -0.39 is 28.0 Å². The van der Waals surface area contributed by atoms with E-state index in [-0.39, 0.29) is 17.0 Å². The summed E-state index contributed by atoms with van der Waals surface area (Å²) in [5.41, 5.74) is 0.572. The van der Waals surface area contributed by atoms with E-state index in [1.165, 1.54) is 29.2 Å². The standard InChI is InChI=1S/C19H22N2O5S/c1-4-20-27(24,25)16-12-8-11-15(13-16)19(23)26-17(18(22)21(2)3)14-9-6-5-7-10-14/h5-13,17,20H,4H2,1-3H3. The molecule has 0 saturated heterocycles. The van der Waals surface area contributed by atoms with Crippen LogP contribution in [0.2, 0.25) is 0 Å². The van der Waals surface area contributed by atoms with Gasteiger partial charge in [-0.3, -0.25) is 4.79 Å². The van der Waals surface area contributed by atoms with Gasteiger partial charge in [0.1, 0.15) is 0 Å². The molecule has 0 heterocycles. The summed E-state index contributed by atoms with van der Waals surface area (Å²) in [7, 11) is -0.579. The van der Waals surface area contributed by atoms with Crippen LogP contribution in [0.3, 0.4) is 0 Å². The fourth-order valence-electron chi connectivity index (χ4n) is 2.36. The Morgan fingerprint density at radius 2 is 1.74 bits per heavy atom. The lowest BCUT2D eigenvalue weighted by atomic mass is 10.1. The lowest BCUT2D eigenvalue weighted by Gasteiger charge is -2.21. The summed E-state index contributed by atoms with van der Waals surface area (Å²) in [4.78, 5) is 26.3. The number of sulfonamides is 1. The number of carbonyl (C=O) groups is 2. The molecule has 8 heteroatoms. The molecule has 0 fully saturated rings. The van der Waals surface area contributed by atoms with Gasteiger partial charge in [0.2, 0.25) is 16.1 Å². The van der Waals surface area contributed by atoms with Gasteiger partial charge in [0.25, 0.3) is 5.91 Å². The van der Waals surface area contributed by atoms with Crippen molar-refractivity contribution in [1.82, 2.24) is 9.62 Å². The number of ether oxygens (including phenoxy) is 1. The van der Waals surface area contributed by atoms with Crippen LogP contribution in [0.25, 0.3) is 0 Å². The molecule has 2 aromatic rings. The van der Waals surface area contributed by atoms with Crippen molar-refractivity contribution in [2.24, 2.45) is 0 Å². The smallest absolute Gasteiger partial charge is 0.339 e. The summed E-state index contributed by atoms with van der Waals surface area (Å²) >= 11 is 0. The first kappa shape index (κ1) is 20.6. The van der Waals surface area contributed by atoms with Crippen molar-refractivity contribution in [2.75, 3.05) is 20.6 Å². The molecule has 1 N–H and O–H groups in total. The van der Waals surface area contributed by atoms with Gasteiger partial charge in [0.05, 0.1) is 10.5 Å². The number of esters is 1. The van der Waals surface area contributed by atoms with E-state index in [2.05, 4.69) is 4.72 Å². The van der Waals surface area contributed by atoms with Crippen LogP contribution in [0.4, 0.5) is 0 Å². The maximum atomic E-state index is 12.6. The molecule has 2 rings (SSSR count). The van der Waals surface area contributed by atoms with Gasteiger partial charge in [0.15, 0.2) is 0 Å². The Labute approximate surface area is 159 Å². The van der Waals surface area contributed by atoms with Crippen molar-refractivity contribution in [1.29, 1.82) is 0 Å². The second-order valence-electron chi connectivity index (χ2n) is 5.96. The summed E-state index contributed by atoms with van der Waals surface area (Å²) in [6.45, 7) is 1.89. The lowest BCUT2D eigenvalue weighted by Crippen LogP contribution is -2.31. The molecule has 27 heavy (non-hydrogen) atoms. The van der Waals surface area contributed by atoms with Crippen LogP contribution in [0.1, 0.15) is 28.9 Å². The Morgan fingerprint density at radius 3 is 2.33 bits per heavy atom. The molecule has 0 aliphatic carbocycles. The predicted octanol–water partition coefficient (Wildman–Crippen LogP) is 1.97. The Balaban J connectivity index is 2.32. The molecule has 7 nitrogen and oxygen atoms in total. The van der Waals surface area contributed by atoms with Crippen LogP contribution in [0, 0.1) is 0 Å². The molecule has 0 aliphatic rings. The monoisotopic (exact) mass is 390 g/mol. The molecule has 0 radical (unpaired) electrons. The average molecular weight is 390 g/mol. The quantitative estimate of drug-likeness (QED) is 0.730. The highest BCUT2D eigenvalue weighted by Crippen LogP contribution is 2.22. The van der Waals surface area contributed by atoms with E-state index in [1.54, 1.807) is 51.4 Å². The summed E-state index contributed by atoms with van der Waals surface area (Å²) in [5, 5.41) is 0. The van der Waals surface area contributed by atoms with E-state index in [1.807, 2.05) is 0 Å². The van der Waals surface area contributed by atoms with Gasteiger partial charge in [-0.1, -0.05) is 43.3 Å². The van der Waals surface area contributed by atoms with Crippen LogP contribution in [-0.2, 0) is 19.6 Å². The SMILES string of the molecule is CCNS(=O)(=O)c1cccc(C(=O)OC(C(=O)N(C)C)c2ccccc2)c1. The van der Waals surface area contributed by atoms with Crippen molar-refractivity contribution >= 4 is 21.9 Å². The number of rotatable bonds is 7. The molecular formula is C19H22N2O5S. The molecule has 0 aliphatic heterocycles. The number of amides is 1. The first-order valence-corrected chi connectivity index (χ1v) is 9.81.